The van der Waals surface area contributed by atoms with Gasteiger partial charge in [0.25, 0.3) is 0 Å². The molecule has 2 aromatic carbocycles. The predicted molar refractivity (Wildman–Crippen MR) is 156 cm³/mol. The molecule has 0 radical (unpaired) electrons. The SMILES string of the molecule is N#Cc1c(N)sc2c(F)ccc(-c3c(C(F)(F)F)cc4c(N5CC6CCC(C5)N6)nc(OCCC5CCCO5)nc4c3F)c12. The molecule has 3 aliphatic rings. The van der Waals surface area contributed by atoms with Gasteiger partial charge in [-0.15, -0.1) is 11.3 Å². The van der Waals surface area contributed by atoms with Crippen LogP contribution in [0.2, 0.25) is 0 Å². The van der Waals surface area contributed by atoms with Crippen LogP contribution < -0.4 is 20.7 Å². The molecule has 3 fully saturated rings. The van der Waals surface area contributed by atoms with Crippen LogP contribution in [0.3, 0.4) is 0 Å². The number of nitriles is 1. The van der Waals surface area contributed by atoms with Gasteiger partial charge in [0.1, 0.15) is 28.2 Å². The third-order valence-electron chi connectivity index (χ3n) is 8.61. The van der Waals surface area contributed by atoms with Crippen LogP contribution in [0.5, 0.6) is 6.01 Å². The fraction of sp³-hybridized carbons (Fsp3) is 0.433. The molecule has 3 aliphatic heterocycles. The van der Waals surface area contributed by atoms with E-state index in [1.54, 1.807) is 0 Å². The molecule has 3 atom stereocenters. The first kappa shape index (κ1) is 28.9. The number of aromatic nitrogens is 2. The fourth-order valence-electron chi connectivity index (χ4n) is 6.62. The Morgan fingerprint density at radius 1 is 1.16 bits per heavy atom. The van der Waals surface area contributed by atoms with E-state index in [0.717, 1.165) is 55.2 Å². The number of alkyl halides is 3. The number of nitrogens with zero attached hydrogens (tertiary/aromatic N) is 4. The molecule has 14 heteroatoms. The van der Waals surface area contributed by atoms with Gasteiger partial charge in [-0.25, -0.2) is 8.78 Å². The highest BCUT2D eigenvalue weighted by Gasteiger charge is 2.40. The highest BCUT2D eigenvalue weighted by molar-refractivity contribution is 7.23. The van der Waals surface area contributed by atoms with Crippen molar-refractivity contribution < 1.29 is 31.4 Å². The summed E-state index contributed by atoms with van der Waals surface area (Å²) in [6, 6.07) is 4.75. The van der Waals surface area contributed by atoms with Gasteiger partial charge >= 0.3 is 12.2 Å². The molecule has 230 valence electrons. The lowest BCUT2D eigenvalue weighted by Crippen LogP contribution is -2.51. The van der Waals surface area contributed by atoms with E-state index in [-0.39, 0.29) is 73.7 Å². The normalized spacial score (nSPS) is 21.8. The van der Waals surface area contributed by atoms with Crippen molar-refractivity contribution in [2.45, 2.75) is 56.5 Å². The van der Waals surface area contributed by atoms with E-state index < -0.39 is 28.9 Å². The van der Waals surface area contributed by atoms with Crippen LogP contribution in [-0.2, 0) is 10.9 Å². The van der Waals surface area contributed by atoms with Crippen LogP contribution in [0.25, 0.3) is 32.1 Å². The maximum atomic E-state index is 16.8. The topological polar surface area (TPSA) is 109 Å². The second-order valence-electron chi connectivity index (χ2n) is 11.4. The Labute approximate surface area is 252 Å². The fourth-order valence-corrected chi connectivity index (χ4v) is 7.57. The number of hydrogen-bond donors (Lipinski definition) is 2. The van der Waals surface area contributed by atoms with Crippen molar-refractivity contribution in [2.75, 3.05) is 36.9 Å². The summed E-state index contributed by atoms with van der Waals surface area (Å²) in [5, 5.41) is 12.8. The molecule has 0 spiro atoms. The first-order chi connectivity index (χ1) is 21.1. The van der Waals surface area contributed by atoms with Crippen LogP contribution in [0.15, 0.2) is 18.2 Å². The number of hydrogen-bond acceptors (Lipinski definition) is 9. The Balaban J connectivity index is 1.45. The molecule has 44 heavy (non-hydrogen) atoms. The maximum absolute atomic E-state index is 16.8. The number of ether oxygens (including phenoxy) is 2. The number of thiophene rings is 1. The maximum Gasteiger partial charge on any atom is 0.417 e. The lowest BCUT2D eigenvalue weighted by Gasteiger charge is -2.34. The Morgan fingerprint density at radius 3 is 2.61 bits per heavy atom. The number of rotatable bonds is 6. The average Bonchev–Trinajstić information content (AvgIpc) is 3.71. The molecule has 4 aromatic rings. The van der Waals surface area contributed by atoms with Crippen LogP contribution >= 0.6 is 11.3 Å². The molecule has 0 amide bonds. The lowest BCUT2D eigenvalue weighted by molar-refractivity contribution is -0.137. The molecule has 3 saturated heterocycles. The third kappa shape index (κ3) is 4.96. The van der Waals surface area contributed by atoms with Gasteiger partial charge in [0.2, 0.25) is 0 Å². The molecule has 3 N–H and O–H groups in total. The van der Waals surface area contributed by atoms with Crippen molar-refractivity contribution in [3.63, 3.8) is 0 Å². The minimum absolute atomic E-state index is 0.0182. The number of benzene rings is 2. The summed E-state index contributed by atoms with van der Waals surface area (Å²) in [7, 11) is 0. The molecular weight excluding hydrogens is 603 g/mol. The molecule has 2 bridgehead atoms. The van der Waals surface area contributed by atoms with Crippen molar-refractivity contribution in [3.8, 4) is 23.2 Å². The van der Waals surface area contributed by atoms with E-state index in [1.807, 2.05) is 11.0 Å². The zero-order chi connectivity index (χ0) is 30.7. The Morgan fingerprint density at radius 2 is 1.93 bits per heavy atom. The van der Waals surface area contributed by atoms with E-state index in [0.29, 0.717) is 26.1 Å². The number of nitrogen functional groups attached to an aromatic ring is 1. The molecule has 3 unspecified atom stereocenters. The molecule has 0 aliphatic carbocycles. The minimum Gasteiger partial charge on any atom is -0.463 e. The molecular formula is C30H27F5N6O2S. The van der Waals surface area contributed by atoms with Crippen molar-refractivity contribution >= 4 is 43.1 Å². The zero-order valence-corrected chi connectivity index (χ0v) is 24.1. The Bertz CT molecular complexity index is 1800. The Kier molecular flexibility index (Phi) is 7.22. The summed E-state index contributed by atoms with van der Waals surface area (Å²) in [5.74, 6) is -1.91. The van der Waals surface area contributed by atoms with Gasteiger partial charge in [-0.2, -0.15) is 28.4 Å². The number of nitrogens with two attached hydrogens (primary N) is 1. The van der Waals surface area contributed by atoms with Gasteiger partial charge in [0.15, 0.2) is 5.82 Å². The summed E-state index contributed by atoms with van der Waals surface area (Å²) in [6.45, 7) is 1.79. The second-order valence-corrected chi connectivity index (χ2v) is 12.5. The number of piperazine rings is 1. The van der Waals surface area contributed by atoms with Crippen molar-refractivity contribution in [1.82, 2.24) is 15.3 Å². The first-order valence-corrected chi connectivity index (χ1v) is 15.2. The van der Waals surface area contributed by atoms with E-state index in [1.165, 1.54) is 0 Å². The van der Waals surface area contributed by atoms with Gasteiger partial charge in [0, 0.05) is 54.5 Å². The first-order valence-electron chi connectivity index (χ1n) is 14.4. The van der Waals surface area contributed by atoms with Gasteiger partial charge in [-0.3, -0.25) is 0 Å². The molecule has 5 heterocycles. The van der Waals surface area contributed by atoms with Crippen LogP contribution in [-0.4, -0.2) is 54.5 Å². The summed E-state index contributed by atoms with van der Waals surface area (Å²) in [5.41, 5.74) is 2.90. The van der Waals surface area contributed by atoms with E-state index in [4.69, 9.17) is 15.2 Å². The summed E-state index contributed by atoms with van der Waals surface area (Å²) >= 11 is 0.719. The van der Waals surface area contributed by atoms with Crippen LogP contribution in [0.1, 0.15) is 43.2 Å². The minimum atomic E-state index is -5.02. The van der Waals surface area contributed by atoms with Gasteiger partial charge in [0.05, 0.1) is 28.5 Å². The largest absolute Gasteiger partial charge is 0.463 e. The number of anilines is 2. The second kappa shape index (κ2) is 11.0. The van der Waals surface area contributed by atoms with Crippen LogP contribution in [0.4, 0.5) is 32.8 Å². The monoisotopic (exact) mass is 630 g/mol. The lowest BCUT2D eigenvalue weighted by atomic mass is 9.92. The van der Waals surface area contributed by atoms with Gasteiger partial charge < -0.3 is 25.4 Å². The standard InChI is InChI=1S/C30H27F5N6O2S/c31-21-6-5-17(22-19(11-36)27(37)44-26(21)22)23-20(30(33,34)35)10-18-25(24(23)32)39-29(43-9-7-16-2-1-8-42-16)40-28(18)41-12-14-3-4-15(13-41)38-14/h5-6,10,14-16,38H,1-4,7-9,12-13,37H2. The molecule has 7 rings (SSSR count). The van der Waals surface area contributed by atoms with Gasteiger partial charge in [-0.05, 0) is 43.4 Å². The number of nitrogens with one attached hydrogen (secondary N) is 1. The smallest absolute Gasteiger partial charge is 0.417 e. The van der Waals surface area contributed by atoms with E-state index in [2.05, 4.69) is 15.3 Å². The highest BCUT2D eigenvalue weighted by atomic mass is 32.1. The third-order valence-corrected chi connectivity index (χ3v) is 9.63. The van der Waals surface area contributed by atoms with E-state index >= 15 is 4.39 Å². The van der Waals surface area contributed by atoms with E-state index in [9.17, 15) is 22.8 Å². The molecule has 2 aromatic heterocycles. The number of halogens is 5. The van der Waals surface area contributed by atoms with Crippen molar-refractivity contribution in [3.05, 3.63) is 41.0 Å². The summed E-state index contributed by atoms with van der Waals surface area (Å²) in [6.07, 6.45) is -0.792. The number of fused-ring (bicyclic) bond motifs is 4. The molecule has 8 nitrogen and oxygen atoms in total. The zero-order valence-electron chi connectivity index (χ0n) is 23.3. The van der Waals surface area contributed by atoms with Crippen molar-refractivity contribution in [1.29, 1.82) is 5.26 Å². The predicted octanol–water partition coefficient (Wildman–Crippen LogP) is 6.15. The molecule has 0 saturated carbocycles. The highest BCUT2D eigenvalue weighted by Crippen LogP contribution is 2.48. The summed E-state index contributed by atoms with van der Waals surface area (Å²) in [4.78, 5) is 10.7. The van der Waals surface area contributed by atoms with Gasteiger partial charge in [-0.1, -0.05) is 6.07 Å². The van der Waals surface area contributed by atoms with Crippen LogP contribution in [0, 0.1) is 23.0 Å². The summed E-state index contributed by atoms with van der Waals surface area (Å²) < 4.78 is 87.3. The average molecular weight is 631 g/mol. The Hall–Kier alpha value is -3.80. The van der Waals surface area contributed by atoms with Crippen molar-refractivity contribution in [2.24, 2.45) is 0 Å². The quantitative estimate of drug-likeness (QED) is 0.244.